The highest BCUT2D eigenvalue weighted by Crippen LogP contribution is 2.33. The Bertz CT molecular complexity index is 1530. The third-order valence-electron chi connectivity index (χ3n) is 7.86. The number of aromatic nitrogens is 4. The van der Waals surface area contributed by atoms with Gasteiger partial charge in [-0.15, -0.1) is 0 Å². The molecule has 4 heterocycles. The van der Waals surface area contributed by atoms with E-state index in [1.54, 1.807) is 36.7 Å². The largest absolute Gasteiger partial charge is 0.478 e. The number of aromatic carboxylic acids is 1. The fraction of sp³-hybridized carbons (Fsp3) is 0.400. The maximum atomic E-state index is 14.3. The van der Waals surface area contributed by atoms with Crippen molar-refractivity contribution in [2.45, 2.75) is 57.9 Å². The lowest BCUT2D eigenvalue weighted by Crippen LogP contribution is -2.35. The lowest BCUT2D eigenvalue weighted by molar-refractivity contribution is -0.0592. The van der Waals surface area contributed by atoms with E-state index in [1.807, 2.05) is 13.0 Å². The van der Waals surface area contributed by atoms with Crippen LogP contribution in [-0.4, -0.2) is 61.3 Å². The molecule has 0 bridgehead atoms. The molecule has 2 aromatic heterocycles. The third kappa shape index (κ3) is 5.55. The van der Waals surface area contributed by atoms with Crippen LogP contribution in [-0.2, 0) is 24.4 Å². The molecule has 0 amide bonds. The van der Waals surface area contributed by atoms with Crippen LogP contribution in [0.1, 0.15) is 58.2 Å². The SMILES string of the molecule is Cc1ccc(COc2nccnc2C2CCN(Cc3nc4ccc(C(=O)O)cc4n3C[C@@H]3CCO3)CC2)c(F)c1. The van der Waals surface area contributed by atoms with Gasteiger partial charge in [-0.1, -0.05) is 12.1 Å². The summed E-state index contributed by atoms with van der Waals surface area (Å²) in [5.74, 6) is 0.318. The Balaban J connectivity index is 1.14. The molecule has 40 heavy (non-hydrogen) atoms. The first-order valence-electron chi connectivity index (χ1n) is 13.7. The van der Waals surface area contributed by atoms with E-state index >= 15 is 0 Å². The van der Waals surface area contributed by atoms with Crippen LogP contribution in [0.5, 0.6) is 5.88 Å². The van der Waals surface area contributed by atoms with Crippen molar-refractivity contribution in [2.75, 3.05) is 19.7 Å². The highest BCUT2D eigenvalue weighted by atomic mass is 19.1. The van der Waals surface area contributed by atoms with Crippen LogP contribution in [0.2, 0.25) is 0 Å². The lowest BCUT2D eigenvalue weighted by atomic mass is 9.93. The van der Waals surface area contributed by atoms with Gasteiger partial charge in [0, 0.05) is 30.5 Å². The predicted octanol–water partition coefficient (Wildman–Crippen LogP) is 4.72. The molecule has 2 aliphatic rings. The van der Waals surface area contributed by atoms with Crippen molar-refractivity contribution < 1.29 is 23.8 Å². The Kier molecular flexibility index (Phi) is 7.44. The second-order valence-electron chi connectivity index (χ2n) is 10.6. The van der Waals surface area contributed by atoms with Gasteiger partial charge in [-0.25, -0.2) is 19.2 Å². The van der Waals surface area contributed by atoms with Gasteiger partial charge in [-0.05, 0) is 69.1 Å². The molecule has 1 N–H and O–H groups in total. The first kappa shape index (κ1) is 26.3. The minimum absolute atomic E-state index is 0.0984. The Morgan fingerprint density at radius 2 is 1.93 bits per heavy atom. The van der Waals surface area contributed by atoms with E-state index in [0.29, 0.717) is 24.5 Å². The maximum Gasteiger partial charge on any atom is 0.335 e. The van der Waals surface area contributed by atoms with E-state index in [2.05, 4.69) is 19.4 Å². The molecule has 1 atom stereocenters. The molecule has 0 saturated carbocycles. The van der Waals surface area contributed by atoms with E-state index in [9.17, 15) is 14.3 Å². The molecular weight excluding hydrogens is 513 g/mol. The summed E-state index contributed by atoms with van der Waals surface area (Å²) in [6.07, 6.45) is 6.15. The summed E-state index contributed by atoms with van der Waals surface area (Å²) in [4.78, 5) is 27.8. The van der Waals surface area contributed by atoms with E-state index in [-0.39, 0.29) is 30.0 Å². The zero-order valence-corrected chi connectivity index (χ0v) is 22.4. The molecule has 6 rings (SSSR count). The van der Waals surface area contributed by atoms with Crippen LogP contribution in [0, 0.1) is 12.7 Å². The summed E-state index contributed by atoms with van der Waals surface area (Å²) in [6, 6.07) is 10.2. The smallest absolute Gasteiger partial charge is 0.335 e. The van der Waals surface area contributed by atoms with Crippen LogP contribution < -0.4 is 4.74 Å². The summed E-state index contributed by atoms with van der Waals surface area (Å²) < 4.78 is 28.1. The quantitative estimate of drug-likeness (QED) is 0.322. The number of rotatable bonds is 9. The highest BCUT2D eigenvalue weighted by molar-refractivity contribution is 5.92. The van der Waals surface area contributed by atoms with Gasteiger partial charge in [0.1, 0.15) is 23.9 Å². The number of nitrogens with zero attached hydrogens (tertiary/aromatic N) is 5. The summed E-state index contributed by atoms with van der Waals surface area (Å²) in [6.45, 7) is 5.72. The number of likely N-dealkylation sites (tertiary alicyclic amines) is 1. The van der Waals surface area contributed by atoms with E-state index in [4.69, 9.17) is 14.5 Å². The number of aryl methyl sites for hydroxylation is 1. The summed E-state index contributed by atoms with van der Waals surface area (Å²) >= 11 is 0. The van der Waals surface area contributed by atoms with Gasteiger partial charge in [0.2, 0.25) is 5.88 Å². The maximum absolute atomic E-state index is 14.3. The van der Waals surface area contributed by atoms with Crippen molar-refractivity contribution in [3.63, 3.8) is 0 Å². The number of carbonyl (C=O) groups is 1. The molecule has 2 fully saturated rings. The molecule has 2 saturated heterocycles. The minimum atomic E-state index is -0.950. The molecular formula is C30H32FN5O4. The first-order chi connectivity index (χ1) is 19.4. The molecule has 0 aliphatic carbocycles. The minimum Gasteiger partial charge on any atom is -0.478 e. The van der Waals surface area contributed by atoms with Gasteiger partial charge in [0.05, 0.1) is 35.8 Å². The lowest BCUT2D eigenvalue weighted by Gasteiger charge is -2.32. The molecule has 0 unspecified atom stereocenters. The number of hydrogen-bond acceptors (Lipinski definition) is 7. The number of benzene rings is 2. The Hall–Kier alpha value is -3.89. The average Bonchev–Trinajstić information content (AvgIpc) is 3.26. The van der Waals surface area contributed by atoms with Crippen molar-refractivity contribution >= 4 is 17.0 Å². The molecule has 0 spiro atoms. The van der Waals surface area contributed by atoms with Crippen LogP contribution in [0.15, 0.2) is 48.8 Å². The molecule has 10 heteroatoms. The monoisotopic (exact) mass is 545 g/mol. The molecule has 208 valence electrons. The molecule has 9 nitrogen and oxygen atoms in total. The normalized spacial score (nSPS) is 18.1. The van der Waals surface area contributed by atoms with Gasteiger partial charge in [0.25, 0.3) is 0 Å². The number of piperidine rings is 1. The topological polar surface area (TPSA) is 103 Å². The molecule has 4 aromatic rings. The first-order valence-corrected chi connectivity index (χ1v) is 13.7. The second kappa shape index (κ2) is 11.3. The number of imidazole rings is 1. The number of halogens is 1. The Morgan fingerprint density at radius 1 is 1.12 bits per heavy atom. The van der Waals surface area contributed by atoms with Crippen molar-refractivity contribution in [3.8, 4) is 5.88 Å². The second-order valence-corrected chi connectivity index (χ2v) is 10.6. The average molecular weight is 546 g/mol. The molecule has 2 aliphatic heterocycles. The van der Waals surface area contributed by atoms with Gasteiger partial charge in [-0.2, -0.15) is 0 Å². The van der Waals surface area contributed by atoms with Crippen molar-refractivity contribution in [1.29, 1.82) is 0 Å². The van der Waals surface area contributed by atoms with Crippen LogP contribution in [0.4, 0.5) is 4.39 Å². The number of hydrogen-bond donors (Lipinski definition) is 1. The van der Waals surface area contributed by atoms with Gasteiger partial charge in [-0.3, -0.25) is 9.88 Å². The van der Waals surface area contributed by atoms with Crippen LogP contribution in [0.25, 0.3) is 11.0 Å². The summed E-state index contributed by atoms with van der Waals surface area (Å²) in [5, 5.41) is 9.50. The zero-order valence-electron chi connectivity index (χ0n) is 22.4. The van der Waals surface area contributed by atoms with Gasteiger partial charge in [0.15, 0.2) is 0 Å². The van der Waals surface area contributed by atoms with Crippen molar-refractivity contribution in [1.82, 2.24) is 24.4 Å². The van der Waals surface area contributed by atoms with Crippen molar-refractivity contribution in [3.05, 3.63) is 82.8 Å². The standard InChI is InChI=1S/C30H32FN5O4/c1-19-2-3-22(24(31)14-19)18-40-29-28(32-9-10-33-29)20-6-11-35(12-7-20)17-27-34-25-5-4-21(30(37)38)15-26(25)36(27)16-23-8-13-39-23/h2-5,9-10,14-15,20,23H,6-8,11-13,16-18H2,1H3,(H,37,38)/t23-/m0/s1. The van der Waals surface area contributed by atoms with Gasteiger partial charge >= 0.3 is 5.97 Å². The highest BCUT2D eigenvalue weighted by Gasteiger charge is 2.28. The van der Waals surface area contributed by atoms with E-state index in [1.165, 1.54) is 6.07 Å². The fourth-order valence-corrected chi connectivity index (χ4v) is 5.47. The zero-order chi connectivity index (χ0) is 27.6. The Labute approximate surface area is 231 Å². The Morgan fingerprint density at radius 3 is 2.65 bits per heavy atom. The van der Waals surface area contributed by atoms with Crippen LogP contribution in [0.3, 0.4) is 0 Å². The fourth-order valence-electron chi connectivity index (χ4n) is 5.47. The number of carboxylic acid groups (broad SMARTS) is 1. The molecule has 0 radical (unpaired) electrons. The van der Waals surface area contributed by atoms with Crippen molar-refractivity contribution in [2.24, 2.45) is 0 Å². The van der Waals surface area contributed by atoms with Crippen LogP contribution >= 0.6 is 0 Å². The third-order valence-corrected chi connectivity index (χ3v) is 7.86. The molecule has 2 aromatic carbocycles. The summed E-state index contributed by atoms with van der Waals surface area (Å²) in [7, 11) is 0. The number of fused-ring (bicyclic) bond motifs is 1. The predicted molar refractivity (Wildman–Crippen MR) is 146 cm³/mol. The van der Waals surface area contributed by atoms with Gasteiger partial charge < -0.3 is 19.1 Å². The van der Waals surface area contributed by atoms with E-state index in [0.717, 1.165) is 67.1 Å². The number of ether oxygens (including phenoxy) is 2. The van der Waals surface area contributed by atoms with E-state index < -0.39 is 5.97 Å². The summed E-state index contributed by atoms with van der Waals surface area (Å²) in [5.41, 5.74) is 4.04. The number of carboxylic acids is 1.